The Hall–Kier alpha value is -2.82. The highest BCUT2D eigenvalue weighted by Gasteiger charge is 2.18. The lowest BCUT2D eigenvalue weighted by Crippen LogP contribution is -2.32. The van der Waals surface area contributed by atoms with Gasteiger partial charge in [0.05, 0.1) is 0 Å². The summed E-state index contributed by atoms with van der Waals surface area (Å²) in [4.78, 5) is 24.3. The first-order valence-electron chi connectivity index (χ1n) is 8.54. The lowest BCUT2D eigenvalue weighted by Gasteiger charge is -2.17. The molecular weight excluding hydrogens is 316 g/mol. The number of para-hydroxylation sites is 1. The van der Waals surface area contributed by atoms with Crippen molar-refractivity contribution in [2.45, 2.75) is 32.8 Å². The van der Waals surface area contributed by atoms with Crippen molar-refractivity contribution in [2.24, 2.45) is 0 Å². The van der Waals surface area contributed by atoms with Crippen molar-refractivity contribution < 1.29 is 14.3 Å². The zero-order valence-electron chi connectivity index (χ0n) is 14.6. The molecule has 0 fully saturated rings. The van der Waals surface area contributed by atoms with Gasteiger partial charge in [0.15, 0.2) is 6.10 Å². The van der Waals surface area contributed by atoms with E-state index < -0.39 is 6.10 Å². The van der Waals surface area contributed by atoms with Crippen molar-refractivity contribution in [1.29, 1.82) is 0 Å². The molecule has 0 aromatic heterocycles. The number of anilines is 1. The van der Waals surface area contributed by atoms with E-state index in [-0.39, 0.29) is 11.8 Å². The summed E-state index contributed by atoms with van der Waals surface area (Å²) in [5, 5.41) is 5.64. The minimum absolute atomic E-state index is 0.112. The van der Waals surface area contributed by atoms with E-state index in [4.69, 9.17) is 4.74 Å². The molecule has 2 amide bonds. The molecule has 2 aromatic carbocycles. The maximum Gasteiger partial charge on any atom is 0.265 e. The highest BCUT2D eigenvalue weighted by Crippen LogP contribution is 2.15. The Bertz CT molecular complexity index is 684. The summed E-state index contributed by atoms with van der Waals surface area (Å²) < 4.78 is 5.73. The fraction of sp³-hybridized carbons (Fsp3) is 0.300. The Balaban J connectivity index is 1.95. The fourth-order valence-corrected chi connectivity index (χ4v) is 2.25. The lowest BCUT2D eigenvalue weighted by atomic mass is 10.2. The van der Waals surface area contributed by atoms with Crippen molar-refractivity contribution >= 4 is 17.5 Å². The van der Waals surface area contributed by atoms with Gasteiger partial charge in [-0.05, 0) is 49.2 Å². The van der Waals surface area contributed by atoms with Crippen LogP contribution in [0.25, 0.3) is 0 Å². The molecule has 1 unspecified atom stereocenters. The average molecular weight is 340 g/mol. The summed E-state index contributed by atoms with van der Waals surface area (Å²) in [5.41, 5.74) is 1.20. The largest absolute Gasteiger partial charge is 0.481 e. The molecule has 2 N–H and O–H groups in total. The quantitative estimate of drug-likeness (QED) is 0.771. The van der Waals surface area contributed by atoms with E-state index in [1.165, 1.54) is 0 Å². The molecule has 5 nitrogen and oxygen atoms in total. The summed E-state index contributed by atoms with van der Waals surface area (Å²) >= 11 is 0. The number of hydrogen-bond acceptors (Lipinski definition) is 3. The Morgan fingerprint density at radius 3 is 2.28 bits per heavy atom. The second-order valence-corrected chi connectivity index (χ2v) is 5.65. The van der Waals surface area contributed by atoms with Crippen molar-refractivity contribution in [3.8, 4) is 5.75 Å². The number of ether oxygens (including phenoxy) is 1. The monoisotopic (exact) mass is 340 g/mol. The summed E-state index contributed by atoms with van der Waals surface area (Å²) in [6.45, 7) is 4.54. The molecule has 5 heteroatoms. The second kappa shape index (κ2) is 9.47. The molecule has 0 saturated carbocycles. The Kier molecular flexibility index (Phi) is 7.01. The van der Waals surface area contributed by atoms with Crippen LogP contribution in [0.3, 0.4) is 0 Å². The molecule has 0 bridgehead atoms. The smallest absolute Gasteiger partial charge is 0.265 e. The van der Waals surface area contributed by atoms with Crippen LogP contribution in [-0.4, -0.2) is 24.5 Å². The van der Waals surface area contributed by atoms with Gasteiger partial charge in [-0.25, -0.2) is 0 Å². The van der Waals surface area contributed by atoms with E-state index in [2.05, 4.69) is 10.6 Å². The standard InChI is InChI=1S/C20H24N2O3/c1-3-14-21-19(23)15-10-12-16(13-11-15)22-20(24)18(4-2)25-17-8-6-5-7-9-17/h5-13,18H,3-4,14H2,1-2H3,(H,21,23)(H,22,24). The number of benzene rings is 2. The van der Waals surface area contributed by atoms with Gasteiger partial charge >= 0.3 is 0 Å². The highest BCUT2D eigenvalue weighted by atomic mass is 16.5. The van der Waals surface area contributed by atoms with E-state index in [1.54, 1.807) is 24.3 Å². The van der Waals surface area contributed by atoms with Gasteiger partial charge in [-0.3, -0.25) is 9.59 Å². The van der Waals surface area contributed by atoms with Crippen LogP contribution in [0.4, 0.5) is 5.69 Å². The summed E-state index contributed by atoms with van der Waals surface area (Å²) in [5.74, 6) is 0.334. The second-order valence-electron chi connectivity index (χ2n) is 5.65. The normalized spacial score (nSPS) is 11.4. The topological polar surface area (TPSA) is 67.4 Å². The van der Waals surface area contributed by atoms with Gasteiger partial charge in [-0.1, -0.05) is 32.0 Å². The molecule has 0 aliphatic rings. The van der Waals surface area contributed by atoms with Crippen LogP contribution in [0.2, 0.25) is 0 Å². The maximum atomic E-state index is 12.4. The molecule has 0 radical (unpaired) electrons. The molecule has 132 valence electrons. The van der Waals surface area contributed by atoms with Crippen molar-refractivity contribution in [3.63, 3.8) is 0 Å². The molecule has 0 spiro atoms. The number of hydrogen-bond donors (Lipinski definition) is 2. The number of carbonyl (C=O) groups is 2. The van der Waals surface area contributed by atoms with Gasteiger partial charge in [-0.15, -0.1) is 0 Å². The SMILES string of the molecule is CCCNC(=O)c1ccc(NC(=O)C(CC)Oc2ccccc2)cc1. The van der Waals surface area contributed by atoms with E-state index in [1.807, 2.05) is 44.2 Å². The van der Waals surface area contributed by atoms with Gasteiger partial charge in [0.2, 0.25) is 0 Å². The van der Waals surface area contributed by atoms with E-state index in [9.17, 15) is 9.59 Å². The van der Waals surface area contributed by atoms with Crippen LogP contribution in [0.15, 0.2) is 54.6 Å². The van der Waals surface area contributed by atoms with E-state index in [0.717, 1.165) is 6.42 Å². The van der Waals surface area contributed by atoms with Crippen LogP contribution in [-0.2, 0) is 4.79 Å². The van der Waals surface area contributed by atoms with Crippen LogP contribution < -0.4 is 15.4 Å². The summed E-state index contributed by atoms with van der Waals surface area (Å²) in [6, 6.07) is 16.1. The summed E-state index contributed by atoms with van der Waals surface area (Å²) in [7, 11) is 0. The molecule has 1 atom stereocenters. The first-order valence-corrected chi connectivity index (χ1v) is 8.54. The van der Waals surface area contributed by atoms with Crippen LogP contribution in [0, 0.1) is 0 Å². The predicted molar refractivity (Wildman–Crippen MR) is 98.8 cm³/mol. The van der Waals surface area contributed by atoms with Crippen molar-refractivity contribution in [3.05, 3.63) is 60.2 Å². The highest BCUT2D eigenvalue weighted by molar-refractivity contribution is 5.96. The average Bonchev–Trinajstić information content (AvgIpc) is 2.65. The Morgan fingerprint density at radius 2 is 1.68 bits per heavy atom. The number of rotatable bonds is 8. The van der Waals surface area contributed by atoms with Gasteiger partial charge < -0.3 is 15.4 Å². The molecule has 0 aliphatic heterocycles. The first kappa shape index (κ1) is 18.5. The van der Waals surface area contributed by atoms with Gasteiger partial charge in [0.25, 0.3) is 11.8 Å². The molecule has 2 rings (SSSR count). The third-order valence-electron chi connectivity index (χ3n) is 3.63. The zero-order valence-corrected chi connectivity index (χ0v) is 14.6. The third kappa shape index (κ3) is 5.64. The minimum atomic E-state index is -0.574. The fourth-order valence-electron chi connectivity index (χ4n) is 2.25. The third-order valence-corrected chi connectivity index (χ3v) is 3.63. The maximum absolute atomic E-state index is 12.4. The van der Waals surface area contributed by atoms with Crippen LogP contribution in [0.5, 0.6) is 5.75 Å². The molecule has 0 saturated heterocycles. The number of amides is 2. The van der Waals surface area contributed by atoms with Gasteiger partial charge in [0.1, 0.15) is 5.75 Å². The molecule has 0 aliphatic carbocycles. The Morgan fingerprint density at radius 1 is 1.00 bits per heavy atom. The molecule has 2 aromatic rings. The van der Waals surface area contributed by atoms with Crippen LogP contribution in [0.1, 0.15) is 37.0 Å². The molecule has 25 heavy (non-hydrogen) atoms. The summed E-state index contributed by atoms with van der Waals surface area (Å²) in [6.07, 6.45) is 0.868. The van der Waals surface area contributed by atoms with E-state index in [0.29, 0.717) is 30.0 Å². The Labute approximate surface area is 148 Å². The zero-order chi connectivity index (χ0) is 18.1. The molecule has 0 heterocycles. The van der Waals surface area contributed by atoms with Gasteiger partial charge in [-0.2, -0.15) is 0 Å². The lowest BCUT2D eigenvalue weighted by molar-refractivity contribution is -0.122. The molecular formula is C20H24N2O3. The van der Waals surface area contributed by atoms with Crippen molar-refractivity contribution in [1.82, 2.24) is 5.32 Å². The van der Waals surface area contributed by atoms with E-state index >= 15 is 0 Å². The van der Waals surface area contributed by atoms with Gasteiger partial charge in [0, 0.05) is 17.8 Å². The minimum Gasteiger partial charge on any atom is -0.481 e. The number of carbonyl (C=O) groups excluding carboxylic acids is 2. The first-order chi connectivity index (χ1) is 12.1. The van der Waals surface area contributed by atoms with Crippen LogP contribution >= 0.6 is 0 Å². The van der Waals surface area contributed by atoms with Crippen molar-refractivity contribution in [2.75, 3.05) is 11.9 Å². The number of nitrogens with one attached hydrogen (secondary N) is 2. The predicted octanol–water partition coefficient (Wildman–Crippen LogP) is 3.62.